The van der Waals surface area contributed by atoms with E-state index >= 15 is 0 Å². The SMILES string of the molecule is C[Si]1(CCCCOCC(O)CO)O[Si](C)(CCCOCC(O)CO)O[Si](C)(CCCOCC(O)CO)O[Si](C)(CCCOCC(O)CO)O1. The third kappa shape index (κ3) is 21.5. The van der Waals surface area contributed by atoms with Gasteiger partial charge in [0.1, 0.15) is 24.4 Å². The lowest BCUT2D eigenvalue weighted by atomic mass is 10.3. The molecule has 0 radical (unpaired) electrons. The van der Waals surface area contributed by atoms with E-state index in [-0.39, 0.29) is 52.9 Å². The molecule has 0 amide bonds. The van der Waals surface area contributed by atoms with Gasteiger partial charge >= 0.3 is 34.2 Å². The molecule has 1 saturated heterocycles. The Morgan fingerprint density at radius 3 is 0.857 bits per heavy atom. The molecule has 8 N–H and O–H groups in total. The quantitative estimate of drug-likeness (QED) is 0.0362. The highest BCUT2D eigenvalue weighted by molar-refractivity contribution is 6.93. The molecule has 16 nitrogen and oxygen atoms in total. The van der Waals surface area contributed by atoms with Crippen molar-refractivity contribution in [3.63, 3.8) is 0 Å². The van der Waals surface area contributed by atoms with Gasteiger partial charge in [0.2, 0.25) is 0 Å². The van der Waals surface area contributed by atoms with Gasteiger partial charge in [0, 0.05) is 26.4 Å². The van der Waals surface area contributed by atoms with Gasteiger partial charge in [-0.05, 0) is 82.5 Å². The fraction of sp³-hybridized carbons (Fsp3) is 1.00. The van der Waals surface area contributed by atoms with Gasteiger partial charge in [0.05, 0.1) is 52.9 Å². The summed E-state index contributed by atoms with van der Waals surface area (Å²) in [5.41, 5.74) is 0. The second-order valence-corrected chi connectivity index (χ2v) is 27.7. The molecular weight excluding hydrogens is 717 g/mol. The molecule has 1 fully saturated rings. The highest BCUT2D eigenvalue weighted by atomic mass is 28.5. The summed E-state index contributed by atoms with van der Waals surface area (Å²) in [5, 5.41) is 74.8. The molecule has 6 unspecified atom stereocenters. The topological polar surface area (TPSA) is 236 Å². The molecule has 294 valence electrons. The maximum atomic E-state index is 9.65. The van der Waals surface area contributed by atoms with Crippen LogP contribution in [-0.4, -0.2) is 179 Å². The first-order valence-electron chi connectivity index (χ1n) is 17.4. The van der Waals surface area contributed by atoms with Crippen LogP contribution in [0.15, 0.2) is 0 Å². The number of ether oxygens (including phenoxy) is 4. The summed E-state index contributed by atoms with van der Waals surface area (Å²) < 4.78 is 50.6. The van der Waals surface area contributed by atoms with E-state index in [9.17, 15) is 20.4 Å². The first-order chi connectivity index (χ1) is 23.1. The van der Waals surface area contributed by atoms with Crippen molar-refractivity contribution in [2.45, 2.75) is 107 Å². The van der Waals surface area contributed by atoms with Crippen molar-refractivity contribution >= 4 is 34.2 Å². The van der Waals surface area contributed by atoms with Crippen LogP contribution in [0.1, 0.15) is 32.1 Å². The van der Waals surface area contributed by atoms with Gasteiger partial charge in [-0.3, -0.25) is 0 Å². The number of aliphatic hydroxyl groups is 8. The normalized spacial score (nSPS) is 28.9. The molecule has 1 rings (SSSR count). The van der Waals surface area contributed by atoms with Crippen LogP contribution in [0.5, 0.6) is 0 Å². The maximum Gasteiger partial charge on any atom is 0.317 e. The first kappa shape index (κ1) is 47.2. The van der Waals surface area contributed by atoms with Crippen LogP contribution in [-0.2, 0) is 35.4 Å². The van der Waals surface area contributed by atoms with Gasteiger partial charge in [-0.25, -0.2) is 0 Å². The second-order valence-electron chi connectivity index (χ2n) is 13.4. The predicted octanol–water partition coefficient (Wildman–Crippen LogP) is -0.216. The van der Waals surface area contributed by atoms with Crippen LogP contribution >= 0.6 is 0 Å². The standard InChI is InChI=1S/C29H66O16Si4/c1-46(14-6-5-10-38-22-26(34)18-30)42-47(2,15-7-11-39-23-27(35)19-31)44-49(4,17-9-13-41-25-29(37)21-33)45-48(3,43-46)16-8-12-40-24-28(36)20-32/h26-37H,5-25H2,1-4H3. The van der Waals surface area contributed by atoms with Crippen LogP contribution in [0.3, 0.4) is 0 Å². The zero-order chi connectivity index (χ0) is 36.8. The van der Waals surface area contributed by atoms with Gasteiger partial charge < -0.3 is 76.3 Å². The van der Waals surface area contributed by atoms with Crippen molar-refractivity contribution in [3.8, 4) is 0 Å². The number of hydrogen-bond donors (Lipinski definition) is 8. The summed E-state index contributed by atoms with van der Waals surface area (Å²) >= 11 is 0. The Balaban J connectivity index is 3.17. The van der Waals surface area contributed by atoms with Crippen molar-refractivity contribution < 1.29 is 76.3 Å². The summed E-state index contributed by atoms with van der Waals surface area (Å²) in [7, 11) is -11.8. The molecule has 0 saturated carbocycles. The highest BCUT2D eigenvalue weighted by Gasteiger charge is 2.56. The molecule has 0 spiro atoms. The minimum absolute atomic E-state index is 0.0224. The monoisotopic (exact) mass is 782 g/mol. The van der Waals surface area contributed by atoms with E-state index in [0.29, 0.717) is 76.3 Å². The van der Waals surface area contributed by atoms with Crippen molar-refractivity contribution in [2.75, 3.05) is 79.3 Å². The average molecular weight is 783 g/mol. The predicted molar refractivity (Wildman–Crippen MR) is 189 cm³/mol. The van der Waals surface area contributed by atoms with E-state index in [1.807, 2.05) is 26.2 Å². The molecule has 1 aliphatic rings. The molecule has 6 atom stereocenters. The van der Waals surface area contributed by atoms with E-state index < -0.39 is 58.7 Å². The minimum atomic E-state index is -2.97. The summed E-state index contributed by atoms with van der Waals surface area (Å²) in [6.45, 7) is 8.19. The van der Waals surface area contributed by atoms with E-state index in [0.717, 1.165) is 6.42 Å². The Morgan fingerprint density at radius 1 is 0.388 bits per heavy atom. The Kier molecular flexibility index (Phi) is 24.4. The summed E-state index contributed by atoms with van der Waals surface area (Å²) in [6.07, 6.45) is -0.513. The fourth-order valence-corrected chi connectivity index (χ4v) is 28.8. The lowest BCUT2D eigenvalue weighted by Crippen LogP contribution is -2.67. The van der Waals surface area contributed by atoms with Crippen molar-refractivity contribution in [3.05, 3.63) is 0 Å². The minimum Gasteiger partial charge on any atom is -0.416 e. The second kappa shape index (κ2) is 25.3. The molecule has 20 heteroatoms. The Hall–Kier alpha value is 0.228. The summed E-state index contributed by atoms with van der Waals surface area (Å²) in [4.78, 5) is 0. The maximum absolute atomic E-state index is 9.65. The highest BCUT2D eigenvalue weighted by Crippen LogP contribution is 2.39. The molecule has 0 aromatic carbocycles. The third-order valence-corrected chi connectivity index (χ3v) is 26.6. The molecule has 0 aliphatic carbocycles. The van der Waals surface area contributed by atoms with E-state index in [1.165, 1.54) is 0 Å². The lowest BCUT2D eigenvalue weighted by Gasteiger charge is -2.50. The Labute approximate surface area is 296 Å². The molecule has 49 heavy (non-hydrogen) atoms. The van der Waals surface area contributed by atoms with Crippen LogP contribution in [0.25, 0.3) is 0 Å². The third-order valence-electron chi connectivity index (χ3n) is 7.74. The molecular formula is C29H66O16Si4. The van der Waals surface area contributed by atoms with Gasteiger partial charge in [0.25, 0.3) is 0 Å². The van der Waals surface area contributed by atoms with E-state index in [2.05, 4.69) is 0 Å². The number of hydrogen-bond acceptors (Lipinski definition) is 16. The molecule has 1 heterocycles. The van der Waals surface area contributed by atoms with E-state index in [4.69, 9.17) is 55.8 Å². The molecule has 1 aliphatic heterocycles. The Morgan fingerprint density at radius 2 is 0.612 bits per heavy atom. The van der Waals surface area contributed by atoms with Gasteiger partial charge in [0.15, 0.2) is 0 Å². The number of unbranched alkanes of at least 4 members (excludes halogenated alkanes) is 1. The summed E-state index contributed by atoms with van der Waals surface area (Å²) in [6, 6.07) is 2.39. The smallest absolute Gasteiger partial charge is 0.317 e. The van der Waals surface area contributed by atoms with Crippen molar-refractivity contribution in [1.29, 1.82) is 0 Å². The average Bonchev–Trinajstić information content (AvgIpc) is 3.04. The number of rotatable bonds is 29. The fourth-order valence-electron chi connectivity index (χ4n) is 5.54. The first-order valence-corrected chi connectivity index (χ1v) is 27.5. The van der Waals surface area contributed by atoms with Crippen LogP contribution in [0.4, 0.5) is 0 Å². The van der Waals surface area contributed by atoms with E-state index in [1.54, 1.807) is 0 Å². The Bertz CT molecular complexity index is 803. The molecule has 0 aromatic rings. The molecule has 0 bridgehead atoms. The van der Waals surface area contributed by atoms with Crippen molar-refractivity contribution in [2.24, 2.45) is 0 Å². The van der Waals surface area contributed by atoms with Crippen LogP contribution in [0.2, 0.25) is 50.4 Å². The van der Waals surface area contributed by atoms with Gasteiger partial charge in [-0.2, -0.15) is 0 Å². The number of aliphatic hydroxyl groups excluding tert-OH is 8. The summed E-state index contributed by atoms with van der Waals surface area (Å²) in [5.74, 6) is 0. The van der Waals surface area contributed by atoms with Crippen molar-refractivity contribution in [1.82, 2.24) is 0 Å². The van der Waals surface area contributed by atoms with Gasteiger partial charge in [-0.15, -0.1) is 0 Å². The lowest BCUT2D eigenvalue weighted by molar-refractivity contribution is 0.00540. The van der Waals surface area contributed by atoms with Gasteiger partial charge in [-0.1, -0.05) is 0 Å². The largest absolute Gasteiger partial charge is 0.416 e. The zero-order valence-corrected chi connectivity index (χ0v) is 34.0. The molecule has 0 aromatic heterocycles. The van der Waals surface area contributed by atoms with Crippen LogP contribution < -0.4 is 0 Å². The van der Waals surface area contributed by atoms with Crippen LogP contribution in [0, 0.1) is 0 Å². The zero-order valence-electron chi connectivity index (χ0n) is 30.0.